The van der Waals surface area contributed by atoms with Crippen LogP contribution in [0.15, 0.2) is 54.2 Å². The molecule has 1 aromatic carbocycles. The summed E-state index contributed by atoms with van der Waals surface area (Å²) in [6, 6.07) is 11.7. The Bertz CT molecular complexity index is 981. The quantitative estimate of drug-likeness (QED) is 0.631. The van der Waals surface area contributed by atoms with Gasteiger partial charge in [-0.15, -0.1) is 11.3 Å². The van der Waals surface area contributed by atoms with Crippen LogP contribution in [-0.4, -0.2) is 23.0 Å². The molecule has 1 fully saturated rings. The number of ether oxygens (including phenoxy) is 1. The molecule has 150 valence electrons. The summed E-state index contributed by atoms with van der Waals surface area (Å²) in [5.74, 6) is 0.868. The SMILES string of the molecule is COc1cccc(C2(C(=O)NC(C)c3nc(-c4ccncc4)cs3)CCCC2)c1. The van der Waals surface area contributed by atoms with Crippen molar-refractivity contribution < 1.29 is 9.53 Å². The van der Waals surface area contributed by atoms with E-state index in [2.05, 4.69) is 10.3 Å². The monoisotopic (exact) mass is 407 g/mol. The van der Waals surface area contributed by atoms with E-state index in [1.54, 1.807) is 30.8 Å². The summed E-state index contributed by atoms with van der Waals surface area (Å²) in [6.45, 7) is 2.00. The number of aromatic nitrogens is 2. The maximum Gasteiger partial charge on any atom is 0.231 e. The summed E-state index contributed by atoms with van der Waals surface area (Å²) in [5.41, 5.74) is 2.49. The third kappa shape index (κ3) is 3.90. The van der Waals surface area contributed by atoms with E-state index in [9.17, 15) is 4.79 Å². The van der Waals surface area contributed by atoms with Crippen LogP contribution in [0.25, 0.3) is 11.3 Å². The molecule has 0 saturated heterocycles. The number of thiazole rings is 1. The number of hydrogen-bond donors (Lipinski definition) is 1. The van der Waals surface area contributed by atoms with Crippen LogP contribution in [0.2, 0.25) is 0 Å². The predicted octanol–water partition coefficient (Wildman–Crippen LogP) is 4.90. The fraction of sp³-hybridized carbons (Fsp3) is 0.348. The summed E-state index contributed by atoms with van der Waals surface area (Å²) < 4.78 is 5.39. The summed E-state index contributed by atoms with van der Waals surface area (Å²) in [7, 11) is 1.66. The number of nitrogens with zero attached hydrogens (tertiary/aromatic N) is 2. The first-order valence-corrected chi connectivity index (χ1v) is 10.8. The van der Waals surface area contributed by atoms with Gasteiger partial charge in [0.15, 0.2) is 0 Å². The number of methoxy groups -OCH3 is 1. The van der Waals surface area contributed by atoms with E-state index in [1.165, 1.54) is 0 Å². The average molecular weight is 408 g/mol. The molecule has 1 unspecified atom stereocenters. The van der Waals surface area contributed by atoms with Gasteiger partial charge in [-0.3, -0.25) is 9.78 Å². The Morgan fingerprint density at radius 2 is 1.97 bits per heavy atom. The van der Waals surface area contributed by atoms with Crippen molar-refractivity contribution >= 4 is 17.2 Å². The number of hydrogen-bond acceptors (Lipinski definition) is 5. The van der Waals surface area contributed by atoms with Crippen LogP contribution in [0.1, 0.15) is 49.2 Å². The van der Waals surface area contributed by atoms with Crippen LogP contribution < -0.4 is 10.1 Å². The van der Waals surface area contributed by atoms with Crippen LogP contribution >= 0.6 is 11.3 Å². The molecule has 1 aliphatic carbocycles. The first-order chi connectivity index (χ1) is 14.1. The fourth-order valence-corrected chi connectivity index (χ4v) is 4.92. The van der Waals surface area contributed by atoms with Crippen LogP contribution in [0, 0.1) is 0 Å². The number of amides is 1. The van der Waals surface area contributed by atoms with Crippen molar-refractivity contribution in [1.29, 1.82) is 0 Å². The lowest BCUT2D eigenvalue weighted by Gasteiger charge is -2.30. The molecule has 0 aliphatic heterocycles. The Morgan fingerprint density at radius 3 is 2.69 bits per heavy atom. The summed E-state index contributed by atoms with van der Waals surface area (Å²) in [4.78, 5) is 22.2. The normalized spacial score (nSPS) is 16.3. The van der Waals surface area contributed by atoms with Gasteiger partial charge < -0.3 is 10.1 Å². The Hall–Kier alpha value is -2.73. The lowest BCUT2D eigenvalue weighted by atomic mass is 9.77. The standard InChI is InChI=1S/C23H25N3O2S/c1-16(21-26-20(15-29-21)17-8-12-24-13-9-17)25-22(27)23(10-3-4-11-23)18-6-5-7-19(14-18)28-2/h5-9,12-16H,3-4,10-11H2,1-2H3,(H,25,27). The molecule has 3 aromatic rings. The van der Waals surface area contributed by atoms with Crippen molar-refractivity contribution in [3.05, 3.63) is 64.7 Å². The molecule has 1 amide bonds. The van der Waals surface area contributed by atoms with Crippen molar-refractivity contribution in [3.63, 3.8) is 0 Å². The van der Waals surface area contributed by atoms with Gasteiger partial charge in [0.2, 0.25) is 5.91 Å². The van der Waals surface area contributed by atoms with Gasteiger partial charge in [0.25, 0.3) is 0 Å². The second-order valence-electron chi connectivity index (χ2n) is 7.52. The zero-order chi connectivity index (χ0) is 20.3. The maximum absolute atomic E-state index is 13.4. The molecule has 1 N–H and O–H groups in total. The van der Waals surface area contributed by atoms with Crippen molar-refractivity contribution in [2.45, 2.75) is 44.1 Å². The molecule has 2 aromatic heterocycles. The van der Waals surface area contributed by atoms with Crippen LogP contribution in [-0.2, 0) is 10.2 Å². The van der Waals surface area contributed by atoms with Gasteiger partial charge in [0, 0.05) is 23.3 Å². The first-order valence-electron chi connectivity index (χ1n) is 9.94. The Kier molecular flexibility index (Phi) is 5.62. The minimum Gasteiger partial charge on any atom is -0.497 e. The van der Waals surface area contributed by atoms with E-state index < -0.39 is 5.41 Å². The largest absolute Gasteiger partial charge is 0.497 e. The van der Waals surface area contributed by atoms with Crippen molar-refractivity contribution in [2.75, 3.05) is 7.11 Å². The molecule has 0 radical (unpaired) electrons. The summed E-state index contributed by atoms with van der Waals surface area (Å²) in [6.07, 6.45) is 7.36. The van der Waals surface area contributed by atoms with Gasteiger partial charge in [-0.2, -0.15) is 0 Å². The van der Waals surface area contributed by atoms with Gasteiger partial charge in [-0.1, -0.05) is 25.0 Å². The smallest absolute Gasteiger partial charge is 0.231 e. The highest BCUT2D eigenvalue weighted by Crippen LogP contribution is 2.42. The zero-order valence-electron chi connectivity index (χ0n) is 16.7. The number of benzene rings is 1. The third-order valence-electron chi connectivity index (χ3n) is 5.73. The lowest BCUT2D eigenvalue weighted by molar-refractivity contribution is -0.127. The number of rotatable bonds is 6. The second-order valence-corrected chi connectivity index (χ2v) is 8.41. The lowest BCUT2D eigenvalue weighted by Crippen LogP contribution is -2.43. The number of carbonyl (C=O) groups excluding carboxylic acids is 1. The molecule has 6 heteroatoms. The minimum absolute atomic E-state index is 0.0800. The zero-order valence-corrected chi connectivity index (χ0v) is 17.5. The molecule has 1 atom stereocenters. The predicted molar refractivity (Wildman–Crippen MR) is 115 cm³/mol. The molecule has 1 saturated carbocycles. The van der Waals surface area contributed by atoms with Crippen LogP contribution in [0.3, 0.4) is 0 Å². The maximum atomic E-state index is 13.4. The topological polar surface area (TPSA) is 64.1 Å². The van der Waals surface area contributed by atoms with Crippen molar-refractivity contribution in [1.82, 2.24) is 15.3 Å². The van der Waals surface area contributed by atoms with Crippen LogP contribution in [0.5, 0.6) is 5.75 Å². The number of carbonyl (C=O) groups is 1. The number of nitrogens with one attached hydrogen (secondary N) is 1. The van der Waals surface area contributed by atoms with Crippen molar-refractivity contribution in [2.24, 2.45) is 0 Å². The van der Waals surface area contributed by atoms with E-state index in [1.807, 2.05) is 48.7 Å². The van der Waals surface area contributed by atoms with Gasteiger partial charge >= 0.3 is 0 Å². The molecular formula is C23H25N3O2S. The summed E-state index contributed by atoms with van der Waals surface area (Å²) in [5, 5.41) is 6.17. The Labute approximate surface area is 175 Å². The average Bonchev–Trinajstić information content (AvgIpc) is 3.45. The van der Waals surface area contributed by atoms with Crippen LogP contribution in [0.4, 0.5) is 0 Å². The van der Waals surface area contributed by atoms with Gasteiger partial charge in [0.1, 0.15) is 10.8 Å². The minimum atomic E-state index is -0.492. The van der Waals surface area contributed by atoms with Gasteiger partial charge in [0.05, 0.1) is 24.3 Å². The molecule has 29 heavy (non-hydrogen) atoms. The Balaban J connectivity index is 1.55. The number of pyridine rings is 1. The third-order valence-corrected chi connectivity index (χ3v) is 6.76. The van der Waals surface area contributed by atoms with E-state index in [-0.39, 0.29) is 11.9 Å². The Morgan fingerprint density at radius 1 is 1.21 bits per heavy atom. The molecule has 0 bridgehead atoms. The molecule has 5 nitrogen and oxygen atoms in total. The van der Waals surface area contributed by atoms with Crippen molar-refractivity contribution in [3.8, 4) is 17.0 Å². The van der Waals surface area contributed by atoms with Gasteiger partial charge in [-0.05, 0) is 49.6 Å². The summed E-state index contributed by atoms with van der Waals surface area (Å²) >= 11 is 1.57. The van der Waals surface area contributed by atoms with Gasteiger partial charge in [-0.25, -0.2) is 4.98 Å². The highest BCUT2D eigenvalue weighted by molar-refractivity contribution is 7.10. The highest BCUT2D eigenvalue weighted by atomic mass is 32.1. The van der Waals surface area contributed by atoms with E-state index in [4.69, 9.17) is 9.72 Å². The fourth-order valence-electron chi connectivity index (χ4n) is 4.08. The second kappa shape index (κ2) is 8.33. The van der Waals surface area contributed by atoms with E-state index >= 15 is 0 Å². The van der Waals surface area contributed by atoms with E-state index in [0.29, 0.717) is 0 Å². The molecule has 2 heterocycles. The van der Waals surface area contributed by atoms with E-state index in [0.717, 1.165) is 53.3 Å². The molecule has 4 rings (SSSR count). The highest BCUT2D eigenvalue weighted by Gasteiger charge is 2.43. The molecule has 1 aliphatic rings. The molecular weight excluding hydrogens is 382 g/mol. The molecule has 0 spiro atoms. The first kappa shape index (κ1) is 19.6.